The Bertz CT molecular complexity index is 1100. The number of hydrogen-bond donors (Lipinski definition) is 4. The van der Waals surface area contributed by atoms with E-state index < -0.39 is 67.1 Å². The quantitative estimate of drug-likeness (QED) is 0.401. The van der Waals surface area contributed by atoms with Gasteiger partial charge in [0.05, 0.1) is 36.4 Å². The van der Waals surface area contributed by atoms with Crippen molar-refractivity contribution >= 4 is 41.0 Å². The molecule has 0 aliphatic carbocycles. The van der Waals surface area contributed by atoms with Gasteiger partial charge in [-0.3, -0.25) is 19.2 Å². The van der Waals surface area contributed by atoms with Crippen LogP contribution in [-0.4, -0.2) is 80.5 Å². The number of benzene rings is 1. The average molecular weight is 465 g/mol. The number of H-pyrrole nitrogens is 1. The van der Waals surface area contributed by atoms with Crippen LogP contribution in [0, 0.1) is 0 Å². The Morgan fingerprint density at radius 1 is 1.33 bits per heavy atom. The highest BCUT2D eigenvalue weighted by Crippen LogP contribution is 2.32. The lowest BCUT2D eigenvalue weighted by Crippen LogP contribution is -2.54. The minimum atomic E-state index is -3.38. The van der Waals surface area contributed by atoms with Gasteiger partial charge in [-0.1, -0.05) is 0 Å². The number of aldehydes is 1. The Morgan fingerprint density at radius 2 is 2.06 bits per heavy atom. The maximum absolute atomic E-state index is 14.1. The lowest BCUT2D eigenvalue weighted by Gasteiger charge is -2.27. The molecule has 0 saturated carbocycles. The van der Waals surface area contributed by atoms with E-state index in [1.807, 2.05) is 0 Å². The van der Waals surface area contributed by atoms with Crippen molar-refractivity contribution < 1.29 is 37.9 Å². The number of aliphatic carboxylic acids is 1. The van der Waals surface area contributed by atoms with Crippen LogP contribution in [0.5, 0.6) is 0 Å². The molecule has 1 aliphatic rings. The molecule has 1 fully saturated rings. The van der Waals surface area contributed by atoms with Crippen LogP contribution in [-0.2, 0) is 19.2 Å². The lowest BCUT2D eigenvalue weighted by molar-refractivity contribution is -0.142. The number of carboxylic acids is 1. The summed E-state index contributed by atoms with van der Waals surface area (Å²) in [7, 11) is 0. The molecule has 176 valence electrons. The normalized spacial score (nSPS) is 19.0. The standard InChI is InChI=1S/C20H21F2N5O6/c1-10(25-17(31)11-2-3-13-14(4-11)24-9-23-13)19(33)27-8-20(21,22)6-15(27)18(32)26-12(7-28)5-16(29)30/h2-4,7,9-10,12,15H,5-6,8H2,1H3,(H,23,24)(H,25,31)(H,26,32)(H,29,30). The number of carboxylic acid groups (broad SMARTS) is 1. The van der Waals surface area contributed by atoms with E-state index in [0.717, 1.165) is 0 Å². The summed E-state index contributed by atoms with van der Waals surface area (Å²) >= 11 is 0. The SMILES string of the molecule is CC(NC(=O)c1ccc2nc[nH]c2c1)C(=O)N1CC(F)(F)CC1C(=O)NC(C=O)CC(=O)O. The smallest absolute Gasteiger partial charge is 0.305 e. The molecular weight excluding hydrogens is 444 g/mol. The van der Waals surface area contributed by atoms with Gasteiger partial charge in [0, 0.05) is 12.0 Å². The maximum Gasteiger partial charge on any atom is 0.305 e. The zero-order valence-corrected chi connectivity index (χ0v) is 17.4. The highest BCUT2D eigenvalue weighted by molar-refractivity contribution is 6.00. The first-order valence-electron chi connectivity index (χ1n) is 9.90. The number of fused-ring (bicyclic) bond motifs is 1. The van der Waals surface area contributed by atoms with Gasteiger partial charge >= 0.3 is 5.97 Å². The van der Waals surface area contributed by atoms with Gasteiger partial charge in [0.15, 0.2) is 0 Å². The van der Waals surface area contributed by atoms with Crippen LogP contribution in [0.2, 0.25) is 0 Å². The van der Waals surface area contributed by atoms with Gasteiger partial charge in [-0.05, 0) is 25.1 Å². The summed E-state index contributed by atoms with van der Waals surface area (Å²) in [6.07, 6.45) is -0.118. The van der Waals surface area contributed by atoms with E-state index in [9.17, 15) is 32.8 Å². The van der Waals surface area contributed by atoms with E-state index >= 15 is 0 Å². The maximum atomic E-state index is 14.1. The molecule has 33 heavy (non-hydrogen) atoms. The predicted octanol–water partition coefficient (Wildman–Crippen LogP) is 0.0758. The van der Waals surface area contributed by atoms with Gasteiger partial charge in [0.2, 0.25) is 11.8 Å². The van der Waals surface area contributed by atoms with Crippen molar-refractivity contribution in [3.8, 4) is 0 Å². The minimum absolute atomic E-state index is 0.171. The number of nitrogens with one attached hydrogen (secondary N) is 3. The van der Waals surface area contributed by atoms with Crippen molar-refractivity contribution in [2.75, 3.05) is 6.54 Å². The molecular formula is C20H21F2N5O6. The summed E-state index contributed by atoms with van der Waals surface area (Å²) in [6, 6.07) is 0.268. The number of carbonyl (C=O) groups excluding carboxylic acids is 4. The summed E-state index contributed by atoms with van der Waals surface area (Å²) in [4.78, 5) is 67.1. The van der Waals surface area contributed by atoms with Crippen molar-refractivity contribution in [3.63, 3.8) is 0 Å². The number of rotatable bonds is 8. The van der Waals surface area contributed by atoms with Gasteiger partial charge in [-0.25, -0.2) is 13.8 Å². The average Bonchev–Trinajstić information content (AvgIpc) is 3.35. The van der Waals surface area contributed by atoms with Crippen molar-refractivity contribution in [3.05, 3.63) is 30.1 Å². The molecule has 2 heterocycles. The molecule has 2 aromatic rings. The number of aromatic amines is 1. The van der Waals surface area contributed by atoms with Gasteiger partial charge in [0.25, 0.3) is 11.8 Å². The number of likely N-dealkylation sites (tertiary alicyclic amines) is 1. The van der Waals surface area contributed by atoms with E-state index in [-0.39, 0.29) is 11.8 Å². The van der Waals surface area contributed by atoms with E-state index in [0.29, 0.717) is 15.9 Å². The van der Waals surface area contributed by atoms with Crippen LogP contribution in [0.25, 0.3) is 11.0 Å². The molecule has 3 rings (SSSR count). The monoisotopic (exact) mass is 465 g/mol. The summed E-state index contributed by atoms with van der Waals surface area (Å²) < 4.78 is 28.1. The van der Waals surface area contributed by atoms with Crippen molar-refractivity contribution in [1.82, 2.24) is 25.5 Å². The second kappa shape index (κ2) is 9.30. The van der Waals surface area contributed by atoms with Gasteiger partial charge < -0.3 is 30.4 Å². The fraction of sp³-hybridized carbons (Fsp3) is 0.400. The third-order valence-corrected chi connectivity index (χ3v) is 5.14. The third kappa shape index (κ3) is 5.48. The molecule has 3 amide bonds. The molecule has 3 atom stereocenters. The summed E-state index contributed by atoms with van der Waals surface area (Å²) in [6.45, 7) is 0.230. The van der Waals surface area contributed by atoms with Crippen molar-refractivity contribution in [1.29, 1.82) is 0 Å². The zero-order chi connectivity index (χ0) is 24.3. The number of nitrogens with zero attached hydrogens (tertiary/aromatic N) is 2. The van der Waals surface area contributed by atoms with Crippen molar-refractivity contribution in [2.24, 2.45) is 0 Å². The topological polar surface area (TPSA) is 162 Å². The highest BCUT2D eigenvalue weighted by atomic mass is 19.3. The van der Waals surface area contributed by atoms with E-state index in [2.05, 4.69) is 20.6 Å². The molecule has 4 N–H and O–H groups in total. The first-order chi connectivity index (χ1) is 15.5. The summed E-state index contributed by atoms with van der Waals surface area (Å²) in [5.41, 5.74) is 1.42. The van der Waals surface area contributed by atoms with Crippen LogP contribution in [0.3, 0.4) is 0 Å². The number of amides is 3. The van der Waals surface area contributed by atoms with Gasteiger partial charge in [-0.2, -0.15) is 0 Å². The minimum Gasteiger partial charge on any atom is -0.481 e. The van der Waals surface area contributed by atoms with Crippen molar-refractivity contribution in [2.45, 2.75) is 43.8 Å². The predicted molar refractivity (Wildman–Crippen MR) is 108 cm³/mol. The molecule has 11 nitrogen and oxygen atoms in total. The molecule has 0 radical (unpaired) electrons. The Labute approximate surface area is 185 Å². The van der Waals surface area contributed by atoms with Crippen LogP contribution in [0.1, 0.15) is 30.1 Å². The number of aromatic nitrogens is 2. The summed E-state index contributed by atoms with van der Waals surface area (Å²) in [5, 5.41) is 13.3. The number of halogens is 2. The molecule has 1 saturated heterocycles. The Morgan fingerprint density at radius 3 is 2.73 bits per heavy atom. The van der Waals surface area contributed by atoms with Gasteiger partial charge in [0.1, 0.15) is 18.4 Å². The number of alkyl halides is 2. The van der Waals surface area contributed by atoms with Crippen LogP contribution in [0.4, 0.5) is 8.78 Å². The molecule has 0 spiro atoms. The van der Waals surface area contributed by atoms with E-state index in [1.165, 1.54) is 25.4 Å². The molecule has 0 bridgehead atoms. The Hall–Kier alpha value is -3.90. The Balaban J connectivity index is 1.70. The largest absolute Gasteiger partial charge is 0.481 e. The highest BCUT2D eigenvalue weighted by Gasteiger charge is 2.51. The number of carbonyl (C=O) groups is 5. The van der Waals surface area contributed by atoms with Crippen LogP contribution < -0.4 is 10.6 Å². The van der Waals surface area contributed by atoms with Gasteiger partial charge in [-0.15, -0.1) is 0 Å². The summed E-state index contributed by atoms with van der Waals surface area (Å²) in [5.74, 6) is -7.40. The first kappa shape index (κ1) is 23.8. The van der Waals surface area contributed by atoms with E-state index in [1.54, 1.807) is 6.07 Å². The fourth-order valence-electron chi connectivity index (χ4n) is 3.55. The molecule has 1 aromatic heterocycles. The fourth-order valence-corrected chi connectivity index (χ4v) is 3.55. The number of imidazole rings is 1. The number of hydrogen-bond acceptors (Lipinski definition) is 6. The van der Waals surface area contributed by atoms with Crippen LogP contribution in [0.15, 0.2) is 24.5 Å². The third-order valence-electron chi connectivity index (χ3n) is 5.14. The molecule has 1 aliphatic heterocycles. The molecule has 13 heteroatoms. The second-order valence-electron chi connectivity index (χ2n) is 7.72. The zero-order valence-electron chi connectivity index (χ0n) is 17.4. The van der Waals surface area contributed by atoms with E-state index in [4.69, 9.17) is 5.11 Å². The second-order valence-corrected chi connectivity index (χ2v) is 7.72. The lowest BCUT2D eigenvalue weighted by atomic mass is 10.1. The van der Waals surface area contributed by atoms with Crippen LogP contribution >= 0.6 is 0 Å². The Kier molecular flexibility index (Phi) is 6.70. The molecule has 1 aromatic carbocycles. The molecule has 3 unspecified atom stereocenters. The first-order valence-corrected chi connectivity index (χ1v) is 9.90.